The minimum absolute atomic E-state index is 0.0480. The van der Waals surface area contributed by atoms with Gasteiger partial charge in [-0.1, -0.05) is 12.1 Å². The molecular weight excluding hydrogens is 474 g/mol. The first kappa shape index (κ1) is 22.0. The predicted molar refractivity (Wildman–Crippen MR) is 131 cm³/mol. The first-order chi connectivity index (χ1) is 16.3. The minimum atomic E-state index is -3.73. The van der Waals surface area contributed by atoms with E-state index in [9.17, 15) is 18.0 Å². The SMILES string of the molecule is NS(=O)(=O)c1ccc(CCNC(=O)c2ccc3[nH]c(-c4nc5cscc5[nH]c4=O)cc3c2)cc1. The van der Waals surface area contributed by atoms with Crippen LogP contribution in [0.3, 0.4) is 0 Å². The second-order valence-corrected chi connectivity index (χ2v) is 10.1. The largest absolute Gasteiger partial charge is 0.353 e. The van der Waals surface area contributed by atoms with Gasteiger partial charge in [-0.05, 0) is 48.4 Å². The molecule has 0 atom stereocenters. The highest BCUT2D eigenvalue weighted by Gasteiger charge is 2.13. The molecule has 3 aromatic heterocycles. The van der Waals surface area contributed by atoms with E-state index < -0.39 is 10.0 Å². The van der Waals surface area contributed by atoms with E-state index in [1.54, 1.807) is 36.4 Å². The van der Waals surface area contributed by atoms with E-state index in [2.05, 4.69) is 20.3 Å². The van der Waals surface area contributed by atoms with Gasteiger partial charge in [-0.25, -0.2) is 18.5 Å². The maximum atomic E-state index is 12.6. The number of fused-ring (bicyclic) bond motifs is 2. The molecule has 0 fully saturated rings. The molecule has 3 heterocycles. The van der Waals surface area contributed by atoms with Crippen molar-refractivity contribution < 1.29 is 13.2 Å². The Morgan fingerprint density at radius 1 is 1.03 bits per heavy atom. The van der Waals surface area contributed by atoms with E-state index in [1.807, 2.05) is 10.8 Å². The van der Waals surface area contributed by atoms with Crippen LogP contribution in [0.25, 0.3) is 33.3 Å². The zero-order valence-electron chi connectivity index (χ0n) is 17.7. The van der Waals surface area contributed by atoms with Gasteiger partial charge in [0.15, 0.2) is 5.69 Å². The Hall–Kier alpha value is -3.80. The molecule has 0 saturated heterocycles. The van der Waals surface area contributed by atoms with Gasteiger partial charge in [0.25, 0.3) is 11.5 Å². The van der Waals surface area contributed by atoms with Crippen molar-refractivity contribution in [2.75, 3.05) is 6.54 Å². The number of thiophene rings is 1. The molecule has 0 saturated carbocycles. The summed E-state index contributed by atoms with van der Waals surface area (Å²) in [5, 5.41) is 12.5. The fourth-order valence-corrected chi connectivity index (χ4v) is 4.88. The standard InChI is InChI=1S/C23H19N5O4S2/c24-34(31,32)16-4-1-13(2-5-16)7-8-25-22(29)14-3-6-17-15(9-14)10-18(26-17)21-23(30)28-20-12-33-11-19(20)27-21/h1-6,9-12,26H,7-8H2,(H,25,29)(H,28,30)(H2,24,31,32). The van der Waals surface area contributed by atoms with Gasteiger partial charge in [0.2, 0.25) is 10.0 Å². The van der Waals surface area contributed by atoms with Crippen LogP contribution >= 0.6 is 11.3 Å². The summed E-state index contributed by atoms with van der Waals surface area (Å²) in [5.74, 6) is -0.235. The normalized spacial score (nSPS) is 11.8. The Balaban J connectivity index is 1.29. The summed E-state index contributed by atoms with van der Waals surface area (Å²) in [6, 6.07) is 13.3. The van der Waals surface area contributed by atoms with E-state index in [0.717, 1.165) is 22.0 Å². The van der Waals surface area contributed by atoms with Gasteiger partial charge in [-0.3, -0.25) is 9.59 Å². The van der Waals surface area contributed by atoms with Crippen molar-refractivity contribution in [3.8, 4) is 11.4 Å². The number of nitrogens with two attached hydrogens (primary N) is 1. The van der Waals surface area contributed by atoms with Crippen LogP contribution in [0.5, 0.6) is 0 Å². The molecular formula is C23H19N5O4S2. The van der Waals surface area contributed by atoms with Gasteiger partial charge in [0.1, 0.15) is 0 Å². The number of benzene rings is 2. The summed E-state index contributed by atoms with van der Waals surface area (Å²) >= 11 is 1.47. The lowest BCUT2D eigenvalue weighted by molar-refractivity contribution is 0.0954. The van der Waals surface area contributed by atoms with Gasteiger partial charge >= 0.3 is 0 Å². The number of primary sulfonamides is 1. The lowest BCUT2D eigenvalue weighted by Crippen LogP contribution is -2.25. The van der Waals surface area contributed by atoms with Crippen LogP contribution in [0.15, 0.2) is 69.0 Å². The van der Waals surface area contributed by atoms with Crippen LogP contribution in [0, 0.1) is 0 Å². The third-order valence-corrected chi connectivity index (χ3v) is 7.09. The molecule has 34 heavy (non-hydrogen) atoms. The first-order valence-electron chi connectivity index (χ1n) is 10.3. The Bertz CT molecular complexity index is 1700. The van der Waals surface area contributed by atoms with E-state index in [0.29, 0.717) is 35.4 Å². The summed E-state index contributed by atoms with van der Waals surface area (Å²) in [4.78, 5) is 35.6. The number of hydrogen-bond acceptors (Lipinski definition) is 6. The van der Waals surface area contributed by atoms with Gasteiger partial charge in [-0.2, -0.15) is 0 Å². The number of aromatic nitrogens is 3. The van der Waals surface area contributed by atoms with E-state index in [1.165, 1.54) is 23.5 Å². The number of hydrogen-bond donors (Lipinski definition) is 4. The second kappa shape index (κ2) is 8.52. The first-order valence-corrected chi connectivity index (χ1v) is 12.8. The molecule has 0 bridgehead atoms. The molecule has 11 heteroatoms. The highest BCUT2D eigenvalue weighted by Crippen LogP contribution is 2.24. The van der Waals surface area contributed by atoms with Crippen molar-refractivity contribution in [3.05, 3.63) is 80.8 Å². The smallest absolute Gasteiger partial charge is 0.276 e. The lowest BCUT2D eigenvalue weighted by atomic mass is 10.1. The Kier molecular flexibility index (Phi) is 5.52. The van der Waals surface area contributed by atoms with Crippen molar-refractivity contribution in [1.29, 1.82) is 0 Å². The van der Waals surface area contributed by atoms with Crippen molar-refractivity contribution >= 4 is 49.2 Å². The van der Waals surface area contributed by atoms with Crippen LogP contribution in [0.1, 0.15) is 15.9 Å². The van der Waals surface area contributed by atoms with Crippen LogP contribution < -0.4 is 16.0 Å². The summed E-state index contributed by atoms with van der Waals surface area (Å²) in [6.45, 7) is 0.379. The maximum Gasteiger partial charge on any atom is 0.276 e. The molecule has 2 aromatic carbocycles. The zero-order chi connectivity index (χ0) is 23.9. The number of amides is 1. The summed E-state index contributed by atoms with van der Waals surface area (Å²) < 4.78 is 22.7. The fourth-order valence-electron chi connectivity index (χ4n) is 3.68. The van der Waals surface area contributed by atoms with Crippen LogP contribution in [0.2, 0.25) is 0 Å². The zero-order valence-corrected chi connectivity index (χ0v) is 19.3. The molecule has 0 aliphatic carbocycles. The van der Waals surface area contributed by atoms with Gasteiger partial charge in [0, 0.05) is 33.8 Å². The van der Waals surface area contributed by atoms with Gasteiger partial charge in [0.05, 0.1) is 21.6 Å². The van der Waals surface area contributed by atoms with Crippen LogP contribution in [0.4, 0.5) is 0 Å². The number of sulfonamides is 1. The highest BCUT2D eigenvalue weighted by atomic mass is 32.2. The molecule has 5 N–H and O–H groups in total. The van der Waals surface area contributed by atoms with Crippen LogP contribution in [-0.4, -0.2) is 35.8 Å². The number of rotatable bonds is 6. The number of H-pyrrole nitrogens is 2. The Morgan fingerprint density at radius 2 is 1.82 bits per heavy atom. The quantitative estimate of drug-likeness (QED) is 0.287. The van der Waals surface area contributed by atoms with Crippen LogP contribution in [-0.2, 0) is 16.4 Å². The third-order valence-electron chi connectivity index (χ3n) is 5.43. The molecule has 9 nitrogen and oxygen atoms in total. The van der Waals surface area contributed by atoms with Crippen molar-refractivity contribution in [2.24, 2.45) is 5.14 Å². The van der Waals surface area contributed by atoms with E-state index in [4.69, 9.17) is 5.14 Å². The molecule has 1 amide bonds. The topological polar surface area (TPSA) is 151 Å². The summed E-state index contributed by atoms with van der Waals surface area (Å²) in [7, 11) is -3.73. The number of aromatic amines is 2. The lowest BCUT2D eigenvalue weighted by Gasteiger charge is -2.06. The number of nitrogens with zero attached hydrogens (tertiary/aromatic N) is 1. The molecule has 0 radical (unpaired) electrons. The molecule has 0 aliphatic heterocycles. The Labute approximate surface area is 197 Å². The van der Waals surface area contributed by atoms with E-state index in [-0.39, 0.29) is 16.4 Å². The Morgan fingerprint density at radius 3 is 2.59 bits per heavy atom. The van der Waals surface area contributed by atoms with Crippen molar-refractivity contribution in [2.45, 2.75) is 11.3 Å². The fraction of sp³-hybridized carbons (Fsp3) is 0.0870. The van der Waals surface area contributed by atoms with E-state index >= 15 is 0 Å². The minimum Gasteiger partial charge on any atom is -0.353 e. The summed E-state index contributed by atoms with van der Waals surface area (Å²) in [5.41, 5.74) is 4.15. The number of carbonyl (C=O) groups excluding carboxylic acids is 1. The molecule has 172 valence electrons. The van der Waals surface area contributed by atoms with Crippen molar-refractivity contribution in [1.82, 2.24) is 20.3 Å². The molecule has 0 aliphatic rings. The third kappa shape index (κ3) is 4.36. The predicted octanol–water partition coefficient (Wildman–Crippen LogP) is 2.75. The monoisotopic (exact) mass is 493 g/mol. The highest BCUT2D eigenvalue weighted by molar-refractivity contribution is 7.89. The second-order valence-electron chi connectivity index (χ2n) is 7.77. The van der Waals surface area contributed by atoms with Gasteiger partial charge in [-0.15, -0.1) is 11.3 Å². The molecule has 5 rings (SSSR count). The molecule has 0 unspecified atom stereocenters. The molecule has 5 aromatic rings. The molecule has 0 spiro atoms. The number of carbonyl (C=O) groups is 1. The number of nitrogens with one attached hydrogen (secondary N) is 3. The van der Waals surface area contributed by atoms with Gasteiger partial charge < -0.3 is 15.3 Å². The average Bonchev–Trinajstić information content (AvgIpc) is 3.43. The maximum absolute atomic E-state index is 12.6. The average molecular weight is 494 g/mol. The summed E-state index contributed by atoms with van der Waals surface area (Å²) in [6.07, 6.45) is 0.534. The van der Waals surface area contributed by atoms with Crippen molar-refractivity contribution in [3.63, 3.8) is 0 Å².